The van der Waals surface area contributed by atoms with Gasteiger partial charge in [-0.25, -0.2) is 4.79 Å². The summed E-state index contributed by atoms with van der Waals surface area (Å²) in [5.41, 5.74) is 5.13. The van der Waals surface area contributed by atoms with Gasteiger partial charge in [0.05, 0.1) is 17.6 Å². The standard InChI is InChI=1S/C28H27BrN2O4/c1-4-34-25-15-22(13-23(29)26(25)35-17-21-7-5-6-19(3)12-21)14-24-27(32)31(28(33)30-24)16-20-10-8-18(2)9-11-20/h5-15H,4,16-17H2,1-3H3,(H,30,33)/b24-14+. The van der Waals surface area contributed by atoms with E-state index in [-0.39, 0.29) is 18.1 Å². The van der Waals surface area contributed by atoms with Gasteiger partial charge in [-0.2, -0.15) is 0 Å². The molecule has 0 bridgehead atoms. The highest BCUT2D eigenvalue weighted by atomic mass is 79.9. The van der Waals surface area contributed by atoms with Crippen molar-refractivity contribution in [3.8, 4) is 11.5 Å². The van der Waals surface area contributed by atoms with E-state index in [0.29, 0.717) is 34.7 Å². The molecule has 1 aliphatic rings. The largest absolute Gasteiger partial charge is 0.490 e. The van der Waals surface area contributed by atoms with Gasteiger partial charge in [-0.05, 0) is 71.6 Å². The molecular formula is C28H27BrN2O4. The van der Waals surface area contributed by atoms with Crippen molar-refractivity contribution in [2.75, 3.05) is 6.61 Å². The van der Waals surface area contributed by atoms with E-state index in [9.17, 15) is 9.59 Å². The number of amides is 3. The van der Waals surface area contributed by atoms with Gasteiger partial charge in [0.15, 0.2) is 11.5 Å². The summed E-state index contributed by atoms with van der Waals surface area (Å²) in [6.45, 7) is 6.98. The summed E-state index contributed by atoms with van der Waals surface area (Å²) >= 11 is 3.58. The molecule has 3 amide bonds. The smallest absolute Gasteiger partial charge is 0.329 e. The molecule has 4 rings (SSSR count). The molecule has 3 aromatic carbocycles. The third kappa shape index (κ3) is 5.92. The molecule has 3 aromatic rings. The lowest BCUT2D eigenvalue weighted by molar-refractivity contribution is -0.123. The summed E-state index contributed by atoms with van der Waals surface area (Å²) in [4.78, 5) is 26.6. The fourth-order valence-corrected chi connectivity index (χ4v) is 4.36. The molecule has 1 N–H and O–H groups in total. The van der Waals surface area contributed by atoms with E-state index in [1.165, 1.54) is 4.90 Å². The second-order valence-corrected chi connectivity index (χ2v) is 9.26. The average molecular weight is 535 g/mol. The van der Waals surface area contributed by atoms with E-state index in [4.69, 9.17) is 9.47 Å². The van der Waals surface area contributed by atoms with Gasteiger partial charge in [0.1, 0.15) is 12.3 Å². The number of rotatable bonds is 8. The number of carbonyl (C=O) groups excluding carboxylic acids is 2. The highest BCUT2D eigenvalue weighted by molar-refractivity contribution is 9.10. The summed E-state index contributed by atoms with van der Waals surface area (Å²) in [7, 11) is 0. The lowest BCUT2D eigenvalue weighted by Crippen LogP contribution is -2.30. The van der Waals surface area contributed by atoms with E-state index >= 15 is 0 Å². The van der Waals surface area contributed by atoms with Crippen LogP contribution in [0.15, 0.2) is 70.8 Å². The molecule has 6 nitrogen and oxygen atoms in total. The van der Waals surface area contributed by atoms with E-state index < -0.39 is 6.03 Å². The van der Waals surface area contributed by atoms with Crippen LogP contribution in [-0.4, -0.2) is 23.4 Å². The normalized spacial score (nSPS) is 14.4. The van der Waals surface area contributed by atoms with Crippen molar-refractivity contribution in [1.29, 1.82) is 0 Å². The maximum absolute atomic E-state index is 12.9. The third-order valence-electron chi connectivity index (χ3n) is 5.53. The van der Waals surface area contributed by atoms with Crippen molar-refractivity contribution in [2.45, 2.75) is 33.9 Å². The summed E-state index contributed by atoms with van der Waals surface area (Å²) in [5.74, 6) is 0.761. The number of aryl methyl sites for hydroxylation is 2. The molecule has 1 heterocycles. The van der Waals surface area contributed by atoms with Gasteiger partial charge in [-0.15, -0.1) is 0 Å². The third-order valence-corrected chi connectivity index (χ3v) is 6.12. The zero-order valence-electron chi connectivity index (χ0n) is 19.9. The monoisotopic (exact) mass is 534 g/mol. The van der Waals surface area contributed by atoms with Crippen LogP contribution >= 0.6 is 15.9 Å². The predicted octanol–water partition coefficient (Wildman–Crippen LogP) is 6.14. The molecule has 0 aromatic heterocycles. The molecule has 0 aliphatic carbocycles. The van der Waals surface area contributed by atoms with Gasteiger partial charge in [-0.3, -0.25) is 9.69 Å². The van der Waals surface area contributed by atoms with Crippen LogP contribution in [-0.2, 0) is 17.9 Å². The number of hydrogen-bond acceptors (Lipinski definition) is 4. The molecule has 1 aliphatic heterocycles. The Kier molecular flexibility index (Phi) is 7.56. The SMILES string of the molecule is CCOc1cc(/C=C2/NC(=O)N(Cc3ccc(C)cc3)C2=O)cc(Br)c1OCc1cccc(C)c1. The number of nitrogens with zero attached hydrogens (tertiary/aromatic N) is 1. The summed E-state index contributed by atoms with van der Waals surface area (Å²) in [6, 6.07) is 19.1. The Balaban J connectivity index is 1.55. The first-order valence-electron chi connectivity index (χ1n) is 11.4. The van der Waals surface area contributed by atoms with Crippen LogP contribution in [0.5, 0.6) is 11.5 Å². The fourth-order valence-electron chi connectivity index (χ4n) is 3.79. The highest BCUT2D eigenvalue weighted by Gasteiger charge is 2.33. The molecule has 0 unspecified atom stereocenters. The van der Waals surface area contributed by atoms with Crippen molar-refractivity contribution >= 4 is 33.9 Å². The van der Waals surface area contributed by atoms with E-state index in [1.54, 1.807) is 12.1 Å². The average Bonchev–Trinajstić information content (AvgIpc) is 3.07. The zero-order chi connectivity index (χ0) is 24.9. The van der Waals surface area contributed by atoms with Crippen molar-refractivity contribution in [1.82, 2.24) is 10.2 Å². The second-order valence-electron chi connectivity index (χ2n) is 8.41. The predicted molar refractivity (Wildman–Crippen MR) is 139 cm³/mol. The molecule has 0 radical (unpaired) electrons. The van der Waals surface area contributed by atoms with Gasteiger partial charge >= 0.3 is 6.03 Å². The van der Waals surface area contributed by atoms with Gasteiger partial charge in [-0.1, -0.05) is 59.7 Å². The first-order valence-corrected chi connectivity index (χ1v) is 12.2. The molecule has 0 saturated carbocycles. The lowest BCUT2D eigenvalue weighted by Gasteiger charge is -2.15. The topological polar surface area (TPSA) is 67.9 Å². The van der Waals surface area contributed by atoms with Crippen LogP contribution in [0.25, 0.3) is 6.08 Å². The number of imide groups is 1. The second kappa shape index (κ2) is 10.8. The minimum atomic E-state index is -0.441. The molecule has 0 spiro atoms. The highest BCUT2D eigenvalue weighted by Crippen LogP contribution is 2.38. The van der Waals surface area contributed by atoms with Crippen molar-refractivity contribution in [3.05, 3.63) is 98.7 Å². The van der Waals surface area contributed by atoms with Crippen LogP contribution in [0.1, 0.15) is 34.7 Å². The van der Waals surface area contributed by atoms with Crippen molar-refractivity contribution in [3.63, 3.8) is 0 Å². The summed E-state index contributed by atoms with van der Waals surface area (Å²) in [5, 5.41) is 2.68. The summed E-state index contributed by atoms with van der Waals surface area (Å²) < 4.78 is 12.6. The van der Waals surface area contributed by atoms with Gasteiger partial charge in [0.25, 0.3) is 5.91 Å². The van der Waals surface area contributed by atoms with Crippen LogP contribution in [0, 0.1) is 13.8 Å². The minimum absolute atomic E-state index is 0.210. The Morgan fingerprint density at radius 3 is 2.43 bits per heavy atom. The van der Waals surface area contributed by atoms with Crippen LogP contribution in [0.4, 0.5) is 4.79 Å². The minimum Gasteiger partial charge on any atom is -0.490 e. The number of benzene rings is 3. The van der Waals surface area contributed by atoms with E-state index in [2.05, 4.69) is 27.3 Å². The molecule has 0 atom stereocenters. The Hall–Kier alpha value is -3.58. The lowest BCUT2D eigenvalue weighted by atomic mass is 10.1. The van der Waals surface area contributed by atoms with Crippen LogP contribution in [0.2, 0.25) is 0 Å². The molecule has 1 saturated heterocycles. The van der Waals surface area contributed by atoms with Crippen molar-refractivity contribution in [2.24, 2.45) is 0 Å². The van der Waals surface area contributed by atoms with Gasteiger partial charge < -0.3 is 14.8 Å². The molecule has 180 valence electrons. The Morgan fingerprint density at radius 2 is 1.71 bits per heavy atom. The fraction of sp³-hybridized carbons (Fsp3) is 0.214. The van der Waals surface area contributed by atoms with Crippen LogP contribution < -0.4 is 14.8 Å². The van der Waals surface area contributed by atoms with Gasteiger partial charge in [0, 0.05) is 0 Å². The quantitative estimate of drug-likeness (QED) is 0.278. The van der Waals surface area contributed by atoms with E-state index in [0.717, 1.165) is 22.3 Å². The number of ether oxygens (including phenoxy) is 2. The molecular weight excluding hydrogens is 508 g/mol. The maximum atomic E-state index is 12.9. The van der Waals surface area contributed by atoms with Crippen molar-refractivity contribution < 1.29 is 19.1 Å². The zero-order valence-corrected chi connectivity index (χ0v) is 21.5. The van der Waals surface area contributed by atoms with E-state index in [1.807, 2.05) is 69.3 Å². The molecule has 35 heavy (non-hydrogen) atoms. The number of hydrogen-bond donors (Lipinski definition) is 1. The Bertz CT molecular complexity index is 1280. The number of urea groups is 1. The Morgan fingerprint density at radius 1 is 0.943 bits per heavy atom. The molecule has 1 fully saturated rings. The summed E-state index contributed by atoms with van der Waals surface area (Å²) in [6.07, 6.45) is 1.65. The first-order chi connectivity index (χ1) is 16.8. The first kappa shape index (κ1) is 24.5. The maximum Gasteiger partial charge on any atom is 0.329 e. The number of carbonyl (C=O) groups is 2. The molecule has 7 heteroatoms. The Labute approximate surface area is 213 Å². The number of halogens is 1. The van der Waals surface area contributed by atoms with Crippen LogP contribution in [0.3, 0.4) is 0 Å². The van der Waals surface area contributed by atoms with Gasteiger partial charge in [0.2, 0.25) is 0 Å². The number of nitrogens with one attached hydrogen (secondary N) is 1.